The summed E-state index contributed by atoms with van der Waals surface area (Å²) in [5, 5.41) is 10.5. The molecule has 2 heterocycles. The van der Waals surface area contributed by atoms with Gasteiger partial charge in [-0.2, -0.15) is 0 Å². The van der Waals surface area contributed by atoms with Gasteiger partial charge in [-0.1, -0.05) is 24.3 Å². The molecular formula is C14H12N2O. The highest BCUT2D eigenvalue weighted by atomic mass is 16.3. The monoisotopic (exact) mass is 224 g/mol. The van der Waals surface area contributed by atoms with Gasteiger partial charge in [-0.3, -0.25) is 0 Å². The zero-order chi connectivity index (χ0) is 11.7. The fourth-order valence-corrected chi connectivity index (χ4v) is 2.12. The number of rotatable bonds is 2. The Balaban J connectivity index is 2.30. The molecule has 0 aliphatic carbocycles. The summed E-state index contributed by atoms with van der Waals surface area (Å²) in [7, 11) is 0. The molecule has 3 nitrogen and oxygen atoms in total. The summed E-state index contributed by atoms with van der Waals surface area (Å²) >= 11 is 0. The highest BCUT2D eigenvalue weighted by molar-refractivity contribution is 5.93. The van der Waals surface area contributed by atoms with Crippen molar-refractivity contribution in [1.29, 1.82) is 0 Å². The Morgan fingerprint density at radius 2 is 1.94 bits per heavy atom. The van der Waals surface area contributed by atoms with Crippen molar-refractivity contribution in [1.82, 2.24) is 9.97 Å². The van der Waals surface area contributed by atoms with Gasteiger partial charge in [0.25, 0.3) is 0 Å². The Morgan fingerprint density at radius 1 is 1.06 bits per heavy atom. The first kappa shape index (κ1) is 10.1. The number of nitrogens with one attached hydrogen (secondary N) is 1. The lowest BCUT2D eigenvalue weighted by atomic mass is 9.99. The van der Waals surface area contributed by atoms with Crippen LogP contribution in [-0.4, -0.2) is 15.1 Å². The Kier molecular flexibility index (Phi) is 2.38. The van der Waals surface area contributed by atoms with Crippen LogP contribution in [0.25, 0.3) is 22.2 Å². The van der Waals surface area contributed by atoms with Gasteiger partial charge in [-0.05, 0) is 28.8 Å². The maximum absolute atomic E-state index is 9.38. The van der Waals surface area contributed by atoms with E-state index in [1.807, 2.05) is 42.6 Å². The average Bonchev–Trinajstić information content (AvgIpc) is 2.86. The molecule has 0 saturated carbocycles. The number of pyridine rings is 1. The van der Waals surface area contributed by atoms with Crippen molar-refractivity contribution in [2.75, 3.05) is 0 Å². The van der Waals surface area contributed by atoms with Crippen molar-refractivity contribution in [2.45, 2.75) is 6.61 Å². The summed E-state index contributed by atoms with van der Waals surface area (Å²) in [4.78, 5) is 7.36. The van der Waals surface area contributed by atoms with Crippen LogP contribution in [0.1, 0.15) is 5.56 Å². The van der Waals surface area contributed by atoms with Crippen LogP contribution >= 0.6 is 0 Å². The summed E-state index contributed by atoms with van der Waals surface area (Å²) in [5.41, 5.74) is 3.96. The SMILES string of the molecule is OCc1ccccc1-c1ccnc2[nH]ccc12. The molecule has 1 aromatic carbocycles. The second-order valence-corrected chi connectivity index (χ2v) is 3.91. The summed E-state index contributed by atoms with van der Waals surface area (Å²) in [6, 6.07) is 11.9. The fourth-order valence-electron chi connectivity index (χ4n) is 2.12. The first-order valence-corrected chi connectivity index (χ1v) is 5.51. The van der Waals surface area contributed by atoms with Crippen molar-refractivity contribution >= 4 is 11.0 Å². The van der Waals surface area contributed by atoms with Crippen LogP contribution in [0.4, 0.5) is 0 Å². The number of nitrogens with zero attached hydrogens (tertiary/aromatic N) is 1. The Hall–Kier alpha value is -2.13. The predicted molar refractivity (Wildman–Crippen MR) is 67.5 cm³/mol. The Labute approximate surface area is 98.8 Å². The Bertz CT molecular complexity index is 658. The van der Waals surface area contributed by atoms with Crippen LogP contribution in [0.15, 0.2) is 48.8 Å². The quantitative estimate of drug-likeness (QED) is 0.703. The number of aliphatic hydroxyl groups is 1. The fraction of sp³-hybridized carbons (Fsp3) is 0.0714. The zero-order valence-corrected chi connectivity index (χ0v) is 9.22. The Morgan fingerprint density at radius 3 is 2.82 bits per heavy atom. The average molecular weight is 224 g/mol. The van der Waals surface area contributed by atoms with Crippen LogP contribution in [0.5, 0.6) is 0 Å². The third-order valence-corrected chi connectivity index (χ3v) is 2.94. The predicted octanol–water partition coefficient (Wildman–Crippen LogP) is 2.72. The highest BCUT2D eigenvalue weighted by Crippen LogP contribution is 2.29. The van der Waals surface area contributed by atoms with Gasteiger partial charge in [0.15, 0.2) is 0 Å². The second kappa shape index (κ2) is 4.03. The number of benzene rings is 1. The molecule has 0 saturated heterocycles. The highest BCUT2D eigenvalue weighted by Gasteiger charge is 2.08. The lowest BCUT2D eigenvalue weighted by molar-refractivity contribution is 0.282. The molecule has 0 amide bonds. The topological polar surface area (TPSA) is 48.9 Å². The maximum atomic E-state index is 9.38. The molecule has 0 aliphatic rings. The molecule has 84 valence electrons. The molecule has 2 aromatic heterocycles. The lowest BCUT2D eigenvalue weighted by Crippen LogP contribution is -1.89. The van der Waals surface area contributed by atoms with E-state index in [1.165, 1.54) is 0 Å². The number of aliphatic hydroxyl groups excluding tert-OH is 1. The molecule has 3 aromatic rings. The largest absolute Gasteiger partial charge is 0.392 e. The van der Waals surface area contributed by atoms with Gasteiger partial charge >= 0.3 is 0 Å². The molecule has 17 heavy (non-hydrogen) atoms. The van der Waals surface area contributed by atoms with E-state index in [0.717, 1.165) is 27.7 Å². The minimum absolute atomic E-state index is 0.0460. The number of hydrogen-bond donors (Lipinski definition) is 2. The molecular weight excluding hydrogens is 212 g/mol. The van der Waals surface area contributed by atoms with E-state index < -0.39 is 0 Å². The van der Waals surface area contributed by atoms with Crippen LogP contribution in [-0.2, 0) is 6.61 Å². The number of hydrogen-bond acceptors (Lipinski definition) is 2. The van der Waals surface area contributed by atoms with Crippen LogP contribution < -0.4 is 0 Å². The van der Waals surface area contributed by atoms with E-state index in [1.54, 1.807) is 6.20 Å². The van der Waals surface area contributed by atoms with Gasteiger partial charge in [0.05, 0.1) is 6.61 Å². The van der Waals surface area contributed by atoms with Gasteiger partial charge in [0, 0.05) is 17.8 Å². The molecule has 3 rings (SSSR count). The van der Waals surface area contributed by atoms with Gasteiger partial charge < -0.3 is 10.1 Å². The molecule has 0 unspecified atom stereocenters. The van der Waals surface area contributed by atoms with Gasteiger partial charge in [-0.15, -0.1) is 0 Å². The van der Waals surface area contributed by atoms with E-state index >= 15 is 0 Å². The van der Waals surface area contributed by atoms with Gasteiger partial charge in [0.2, 0.25) is 0 Å². The molecule has 0 radical (unpaired) electrons. The smallest absolute Gasteiger partial charge is 0.137 e. The third kappa shape index (κ3) is 1.61. The first-order valence-electron chi connectivity index (χ1n) is 5.51. The van der Waals surface area contributed by atoms with Crippen molar-refractivity contribution in [2.24, 2.45) is 0 Å². The van der Waals surface area contributed by atoms with Gasteiger partial charge in [0.1, 0.15) is 5.65 Å². The number of fused-ring (bicyclic) bond motifs is 1. The summed E-state index contributed by atoms with van der Waals surface area (Å²) in [6.07, 6.45) is 3.66. The molecule has 0 aliphatic heterocycles. The minimum atomic E-state index is 0.0460. The first-order chi connectivity index (χ1) is 8.40. The molecule has 3 heteroatoms. The van der Waals surface area contributed by atoms with Gasteiger partial charge in [-0.25, -0.2) is 4.98 Å². The third-order valence-electron chi connectivity index (χ3n) is 2.94. The van der Waals surface area contributed by atoms with E-state index in [0.29, 0.717) is 0 Å². The van der Waals surface area contributed by atoms with E-state index in [9.17, 15) is 5.11 Å². The molecule has 0 fully saturated rings. The van der Waals surface area contributed by atoms with Crippen LogP contribution in [0.2, 0.25) is 0 Å². The zero-order valence-electron chi connectivity index (χ0n) is 9.22. The normalized spacial score (nSPS) is 10.9. The van der Waals surface area contributed by atoms with Crippen molar-refractivity contribution in [3.63, 3.8) is 0 Å². The van der Waals surface area contributed by atoms with E-state index in [-0.39, 0.29) is 6.61 Å². The lowest BCUT2D eigenvalue weighted by Gasteiger charge is -2.08. The van der Waals surface area contributed by atoms with Crippen molar-refractivity contribution in [3.8, 4) is 11.1 Å². The molecule has 0 spiro atoms. The second-order valence-electron chi connectivity index (χ2n) is 3.91. The number of H-pyrrole nitrogens is 1. The van der Waals surface area contributed by atoms with Crippen LogP contribution in [0, 0.1) is 0 Å². The van der Waals surface area contributed by atoms with Crippen molar-refractivity contribution in [3.05, 3.63) is 54.4 Å². The van der Waals surface area contributed by atoms with E-state index in [2.05, 4.69) is 9.97 Å². The minimum Gasteiger partial charge on any atom is -0.392 e. The standard InChI is InChI=1S/C14H12N2O/c17-9-10-3-1-2-4-11(10)12-5-7-15-14-13(12)6-8-16-14/h1-8,17H,9H2,(H,15,16). The van der Waals surface area contributed by atoms with Crippen LogP contribution in [0.3, 0.4) is 0 Å². The molecule has 0 bridgehead atoms. The summed E-state index contributed by atoms with van der Waals surface area (Å²) in [5.74, 6) is 0. The number of aromatic amines is 1. The molecule has 0 atom stereocenters. The molecule has 2 N–H and O–H groups in total. The maximum Gasteiger partial charge on any atom is 0.137 e. The van der Waals surface area contributed by atoms with Crippen molar-refractivity contribution < 1.29 is 5.11 Å². The summed E-state index contributed by atoms with van der Waals surface area (Å²) in [6.45, 7) is 0.0460. The number of aromatic nitrogens is 2. The summed E-state index contributed by atoms with van der Waals surface area (Å²) < 4.78 is 0. The van der Waals surface area contributed by atoms with E-state index in [4.69, 9.17) is 0 Å².